The van der Waals surface area contributed by atoms with Crippen LogP contribution in [0, 0.1) is 0 Å². The summed E-state index contributed by atoms with van der Waals surface area (Å²) in [6.07, 6.45) is 0. The van der Waals surface area contributed by atoms with Crippen molar-refractivity contribution < 1.29 is 34.2 Å². The number of hydrogen-bond acceptors (Lipinski definition) is 3. The molecule has 0 atom stereocenters. The molecule has 8 heteroatoms. The molecular weight excluding hydrogens is 255 g/mol. The van der Waals surface area contributed by atoms with Gasteiger partial charge in [0.2, 0.25) is 0 Å². The molecule has 0 fully saturated rings. The second-order valence-corrected chi connectivity index (χ2v) is 5.16. The van der Waals surface area contributed by atoms with Crippen LogP contribution in [0.1, 0.15) is 0 Å². The van der Waals surface area contributed by atoms with Crippen LogP contribution in [-0.4, -0.2) is 14.7 Å². The average molecular weight is 258 g/mol. The summed E-state index contributed by atoms with van der Waals surface area (Å²) in [5.74, 6) is 0. The Morgan fingerprint density at radius 1 is 1.25 bits per heavy atom. The molecule has 0 aromatic carbocycles. The van der Waals surface area contributed by atoms with Gasteiger partial charge < -0.3 is 14.7 Å². The van der Waals surface area contributed by atoms with E-state index in [1.165, 1.54) is 0 Å². The first-order valence-corrected chi connectivity index (χ1v) is 8.26. The fraction of sp³-hybridized carbons (Fsp3) is 0. The van der Waals surface area contributed by atoms with Crippen LogP contribution in [0.2, 0.25) is 0 Å². The van der Waals surface area contributed by atoms with Crippen molar-refractivity contribution in [2.75, 3.05) is 0 Å². The van der Waals surface area contributed by atoms with E-state index in [-0.39, 0.29) is 14.9 Å². The summed E-state index contributed by atoms with van der Waals surface area (Å²) in [6, 6.07) is 0. The number of phosphoric acid groups is 1. The Labute approximate surface area is 61.6 Å². The number of hydrogen-bond donors (Lipinski definition) is 3. The minimum atomic E-state index is -4.64. The summed E-state index contributed by atoms with van der Waals surface area (Å²) < 4.78 is 8.88. The van der Waals surface area contributed by atoms with Crippen molar-refractivity contribution in [1.82, 2.24) is 0 Å². The molecule has 0 aliphatic carbocycles. The maximum atomic E-state index is 8.88. The summed E-state index contributed by atoms with van der Waals surface area (Å²) in [7, 11) is 4.04. The topological polar surface area (TPSA) is 77.8 Å². The zero-order valence-corrected chi connectivity index (χ0v) is 7.96. The van der Waals surface area contributed by atoms with E-state index in [1.807, 2.05) is 0 Å². The Morgan fingerprint density at radius 2 is 1.25 bits per heavy atom. The molecule has 0 saturated heterocycles. The van der Waals surface area contributed by atoms with Crippen LogP contribution in [0.4, 0.5) is 0 Å². The zero-order valence-electron chi connectivity index (χ0n) is 3.42. The molecule has 0 unspecified atom stereocenters. The summed E-state index contributed by atoms with van der Waals surface area (Å²) >= 11 is -0.363. The molecule has 0 bridgehead atoms. The Hall–Kier alpha value is 1.24. The molecule has 3 N–H and O–H groups in total. The molecule has 4 nitrogen and oxygen atoms in total. The maximum absolute atomic E-state index is 8.88. The predicted molar refractivity (Wildman–Crippen MR) is 29.4 cm³/mol. The van der Waals surface area contributed by atoms with Gasteiger partial charge in [-0.05, 0) is 0 Å². The van der Waals surface area contributed by atoms with Gasteiger partial charge in [0.1, 0.15) is 0 Å². The van der Waals surface area contributed by atoms with Crippen LogP contribution >= 0.6 is 27.5 Å². The van der Waals surface area contributed by atoms with E-state index < -0.39 is 7.82 Å². The van der Waals surface area contributed by atoms with Crippen LogP contribution in [0.25, 0.3) is 0 Å². The van der Waals surface area contributed by atoms with E-state index in [1.54, 1.807) is 0 Å². The first-order chi connectivity index (χ1) is 3.41. The predicted octanol–water partition coefficient (Wildman–Crippen LogP) is 0.365. The standard InChI is InChI=1S/Mo.H3O4P.2S/c;1-5(2,3)4;;/h;(H3,1,2,3,4);;. The summed E-state index contributed by atoms with van der Waals surface area (Å²) in [4.78, 5) is 21.6. The van der Waals surface area contributed by atoms with Gasteiger partial charge in [-0.1, -0.05) is 0 Å². The fourth-order valence-corrected chi connectivity index (χ4v) is 0. The van der Waals surface area contributed by atoms with Crippen molar-refractivity contribution in [3.63, 3.8) is 0 Å². The van der Waals surface area contributed by atoms with Crippen molar-refractivity contribution in [3.8, 4) is 0 Å². The van der Waals surface area contributed by atoms with Gasteiger partial charge in [-0.2, -0.15) is 0 Å². The Kier molecular flexibility index (Phi) is 9.51. The van der Waals surface area contributed by atoms with Crippen molar-refractivity contribution in [3.05, 3.63) is 0 Å². The quantitative estimate of drug-likeness (QED) is 0.430. The Balaban J connectivity index is 0. The average Bonchev–Trinajstić information content (AvgIpc) is 1.27. The normalized spacial score (nSPS) is 8.88. The van der Waals surface area contributed by atoms with Crippen LogP contribution in [0.3, 0.4) is 0 Å². The third kappa shape index (κ3) is 184. The molecule has 0 saturated carbocycles. The first kappa shape index (κ1) is 12.0. The number of rotatable bonds is 0. The van der Waals surface area contributed by atoms with Crippen molar-refractivity contribution in [1.29, 1.82) is 0 Å². The summed E-state index contributed by atoms with van der Waals surface area (Å²) in [5, 5.41) is 0. The van der Waals surface area contributed by atoms with Gasteiger partial charge in [0, 0.05) is 0 Å². The molecule has 50 valence electrons. The van der Waals surface area contributed by atoms with Gasteiger partial charge in [0.15, 0.2) is 0 Å². The van der Waals surface area contributed by atoms with Gasteiger partial charge in [-0.15, -0.1) is 0 Å². The molecule has 8 heavy (non-hydrogen) atoms. The van der Waals surface area contributed by atoms with Gasteiger partial charge in [0.25, 0.3) is 0 Å². The first-order valence-electron chi connectivity index (χ1n) is 1.12. The molecule has 0 aromatic heterocycles. The van der Waals surface area contributed by atoms with Crippen molar-refractivity contribution >= 4 is 27.5 Å². The molecule has 0 rings (SSSR count). The molecule has 0 heterocycles. The van der Waals surface area contributed by atoms with Gasteiger partial charge >= 0.3 is 42.4 Å². The Morgan fingerprint density at radius 3 is 1.25 bits per heavy atom. The van der Waals surface area contributed by atoms with Crippen LogP contribution in [-0.2, 0) is 19.5 Å². The van der Waals surface area contributed by atoms with Gasteiger partial charge in [0.05, 0.1) is 0 Å². The minimum absolute atomic E-state index is 0.363. The fourth-order valence-electron chi connectivity index (χ4n) is 0. The van der Waals surface area contributed by atoms with E-state index in [9.17, 15) is 0 Å². The van der Waals surface area contributed by atoms with Crippen LogP contribution in [0.15, 0.2) is 0 Å². The summed E-state index contributed by atoms with van der Waals surface area (Å²) in [5.41, 5.74) is 0. The summed E-state index contributed by atoms with van der Waals surface area (Å²) in [6.45, 7) is 0. The van der Waals surface area contributed by atoms with Crippen molar-refractivity contribution in [2.45, 2.75) is 0 Å². The molecule has 0 amide bonds. The van der Waals surface area contributed by atoms with Crippen LogP contribution < -0.4 is 0 Å². The van der Waals surface area contributed by atoms with E-state index in [0.717, 1.165) is 0 Å². The van der Waals surface area contributed by atoms with Crippen LogP contribution in [0.5, 0.6) is 0 Å². The van der Waals surface area contributed by atoms with Crippen molar-refractivity contribution in [2.24, 2.45) is 0 Å². The van der Waals surface area contributed by atoms with Gasteiger partial charge in [-0.3, -0.25) is 0 Å². The molecule has 0 aliphatic rings. The molecule has 0 spiro atoms. The molecule has 0 aliphatic heterocycles. The molecule has 0 aromatic rings. The third-order valence-corrected chi connectivity index (χ3v) is 0. The van der Waals surface area contributed by atoms with E-state index in [0.29, 0.717) is 0 Å². The molecular formula is H3MoO4PS2. The Bertz CT molecular complexity index is 112. The van der Waals surface area contributed by atoms with Gasteiger partial charge in [-0.25, -0.2) is 4.57 Å². The van der Waals surface area contributed by atoms with E-state index in [4.69, 9.17) is 19.2 Å². The second-order valence-electron chi connectivity index (χ2n) is 0.581. The second kappa shape index (κ2) is 6.36. The monoisotopic (exact) mass is 260 g/mol. The van der Waals surface area contributed by atoms with E-state index >= 15 is 0 Å². The SMILES string of the molecule is O=P(O)(O)O.[S]=[Mo]=[S]. The zero-order chi connectivity index (χ0) is 7.21. The van der Waals surface area contributed by atoms with E-state index in [2.05, 4.69) is 19.6 Å². The molecule has 0 radical (unpaired) electrons. The third-order valence-electron chi connectivity index (χ3n) is 0.